The molecule has 3 aromatic heterocycles. The molecule has 0 fully saturated rings. The van der Waals surface area contributed by atoms with Crippen molar-refractivity contribution < 1.29 is 18.0 Å². The van der Waals surface area contributed by atoms with E-state index in [1.807, 2.05) is 0 Å². The van der Waals surface area contributed by atoms with Gasteiger partial charge < -0.3 is 16.0 Å². The molecule has 0 saturated heterocycles. The Hall–Kier alpha value is -2.72. The highest BCUT2D eigenvalue weighted by Crippen LogP contribution is 2.29. The van der Waals surface area contributed by atoms with Gasteiger partial charge in [-0.2, -0.15) is 13.2 Å². The Morgan fingerprint density at radius 1 is 1.27 bits per heavy atom. The zero-order chi connectivity index (χ0) is 18.7. The second-order valence-corrected chi connectivity index (χ2v) is 6.27. The number of nitrogens with zero attached hydrogens (tertiary/aromatic N) is 2. The molecule has 0 aromatic carbocycles. The number of alkyl halides is 3. The van der Waals surface area contributed by atoms with E-state index in [4.69, 9.17) is 5.73 Å². The molecule has 1 atom stereocenters. The van der Waals surface area contributed by atoms with E-state index in [0.717, 1.165) is 12.3 Å². The Bertz CT molecular complexity index is 874. The van der Waals surface area contributed by atoms with E-state index in [9.17, 15) is 18.0 Å². The van der Waals surface area contributed by atoms with E-state index in [2.05, 4.69) is 20.3 Å². The first-order chi connectivity index (χ1) is 12.4. The lowest BCUT2D eigenvalue weighted by Crippen LogP contribution is -2.33. The maximum Gasteiger partial charge on any atom is 0.417 e. The van der Waals surface area contributed by atoms with E-state index >= 15 is 0 Å². The largest absolute Gasteiger partial charge is 0.417 e. The number of thiazole rings is 1. The van der Waals surface area contributed by atoms with Gasteiger partial charge in [-0.25, -0.2) is 4.98 Å². The van der Waals surface area contributed by atoms with E-state index in [1.54, 1.807) is 17.6 Å². The van der Waals surface area contributed by atoms with Gasteiger partial charge in [-0.05, 0) is 24.3 Å². The smallest absolute Gasteiger partial charge is 0.349 e. The SMILES string of the molecule is NC[C@@H](NC(=O)c1ccc(-c2ccc(C(F)(F)F)cn2)[nH]1)c1nccs1. The number of hydrogen-bond acceptors (Lipinski definition) is 5. The lowest BCUT2D eigenvalue weighted by Gasteiger charge is -2.13. The Morgan fingerprint density at radius 2 is 2.08 bits per heavy atom. The number of nitrogens with two attached hydrogens (primary N) is 1. The Kier molecular flexibility index (Phi) is 5.05. The van der Waals surface area contributed by atoms with Crippen molar-refractivity contribution in [3.05, 3.63) is 58.3 Å². The van der Waals surface area contributed by atoms with Crippen LogP contribution in [-0.4, -0.2) is 27.4 Å². The number of pyridine rings is 1. The Labute approximate surface area is 150 Å². The number of hydrogen-bond donors (Lipinski definition) is 3. The normalized spacial score (nSPS) is 12.8. The maximum absolute atomic E-state index is 12.6. The van der Waals surface area contributed by atoms with Crippen LogP contribution in [0.15, 0.2) is 42.0 Å². The van der Waals surface area contributed by atoms with Gasteiger partial charge in [0.05, 0.1) is 23.0 Å². The fraction of sp³-hybridized carbons (Fsp3) is 0.188. The van der Waals surface area contributed by atoms with Gasteiger partial charge in [-0.15, -0.1) is 11.3 Å². The number of carbonyl (C=O) groups is 1. The summed E-state index contributed by atoms with van der Waals surface area (Å²) in [5, 5.41) is 5.24. The van der Waals surface area contributed by atoms with Crippen molar-refractivity contribution in [3.8, 4) is 11.4 Å². The molecule has 0 spiro atoms. The lowest BCUT2D eigenvalue weighted by atomic mass is 10.2. The summed E-state index contributed by atoms with van der Waals surface area (Å²) in [5.41, 5.74) is 5.82. The van der Waals surface area contributed by atoms with Gasteiger partial charge in [0.15, 0.2) is 0 Å². The van der Waals surface area contributed by atoms with Crippen LogP contribution in [0.2, 0.25) is 0 Å². The minimum atomic E-state index is -4.45. The first-order valence-electron chi connectivity index (χ1n) is 7.51. The third-order valence-corrected chi connectivity index (χ3v) is 4.48. The average molecular weight is 381 g/mol. The number of nitrogens with one attached hydrogen (secondary N) is 2. The lowest BCUT2D eigenvalue weighted by molar-refractivity contribution is -0.137. The number of carbonyl (C=O) groups excluding carboxylic acids is 1. The van der Waals surface area contributed by atoms with E-state index in [1.165, 1.54) is 23.5 Å². The second kappa shape index (κ2) is 7.26. The third kappa shape index (κ3) is 3.92. The molecule has 26 heavy (non-hydrogen) atoms. The number of H-pyrrole nitrogens is 1. The molecule has 3 rings (SSSR count). The van der Waals surface area contributed by atoms with Gasteiger partial charge >= 0.3 is 6.18 Å². The zero-order valence-electron chi connectivity index (χ0n) is 13.2. The molecule has 0 aliphatic rings. The van der Waals surface area contributed by atoms with Crippen LogP contribution in [0.1, 0.15) is 27.1 Å². The average Bonchev–Trinajstić information content (AvgIpc) is 3.30. The molecule has 3 aromatic rings. The van der Waals surface area contributed by atoms with Gasteiger partial charge in [-0.1, -0.05) is 0 Å². The minimum Gasteiger partial charge on any atom is -0.349 e. The monoisotopic (exact) mass is 381 g/mol. The van der Waals surface area contributed by atoms with Crippen molar-refractivity contribution in [3.63, 3.8) is 0 Å². The summed E-state index contributed by atoms with van der Waals surface area (Å²) >= 11 is 1.38. The van der Waals surface area contributed by atoms with Gasteiger partial charge in [0.1, 0.15) is 10.7 Å². The van der Waals surface area contributed by atoms with E-state index in [-0.39, 0.29) is 12.2 Å². The number of halogens is 3. The first kappa shape index (κ1) is 18.1. The molecule has 0 saturated carbocycles. The summed E-state index contributed by atoms with van der Waals surface area (Å²) in [5.74, 6) is -0.395. The van der Waals surface area contributed by atoms with Crippen molar-refractivity contribution >= 4 is 17.2 Å². The fourth-order valence-corrected chi connectivity index (χ4v) is 2.96. The van der Waals surface area contributed by atoms with Crippen LogP contribution in [-0.2, 0) is 6.18 Å². The summed E-state index contributed by atoms with van der Waals surface area (Å²) < 4.78 is 37.8. The summed E-state index contributed by atoms with van der Waals surface area (Å²) in [6, 6.07) is 4.87. The molecule has 136 valence electrons. The molecule has 3 heterocycles. The molecule has 1 amide bonds. The van der Waals surface area contributed by atoms with Gasteiger partial charge in [0.25, 0.3) is 5.91 Å². The summed E-state index contributed by atoms with van der Waals surface area (Å²) in [7, 11) is 0. The summed E-state index contributed by atoms with van der Waals surface area (Å²) in [6.07, 6.45) is -2.07. The molecule has 6 nitrogen and oxygen atoms in total. The third-order valence-electron chi connectivity index (χ3n) is 3.59. The molecule has 10 heteroatoms. The minimum absolute atomic E-state index is 0.188. The molecule has 0 radical (unpaired) electrons. The van der Waals surface area contributed by atoms with Crippen LogP contribution in [0.25, 0.3) is 11.4 Å². The number of amides is 1. The summed E-state index contributed by atoms with van der Waals surface area (Å²) in [6.45, 7) is 0.188. The molecular formula is C16H14F3N5OS. The molecule has 0 aliphatic carbocycles. The van der Waals surface area contributed by atoms with E-state index in [0.29, 0.717) is 16.4 Å². The van der Waals surface area contributed by atoms with Crippen LogP contribution in [0.3, 0.4) is 0 Å². The molecular weight excluding hydrogens is 367 g/mol. The summed E-state index contributed by atoms with van der Waals surface area (Å²) in [4.78, 5) is 23.1. The fourth-order valence-electron chi connectivity index (χ4n) is 2.26. The highest BCUT2D eigenvalue weighted by molar-refractivity contribution is 7.09. The Balaban J connectivity index is 1.74. The van der Waals surface area contributed by atoms with Crippen molar-refractivity contribution in [1.29, 1.82) is 0 Å². The maximum atomic E-state index is 12.6. The number of aromatic amines is 1. The highest BCUT2D eigenvalue weighted by atomic mass is 32.1. The molecule has 4 N–H and O–H groups in total. The standard InChI is InChI=1S/C16H14F3N5OS/c17-16(18,19)9-1-2-10(22-8-9)11-3-4-12(23-11)14(25)24-13(7-20)15-21-5-6-26-15/h1-6,8,13,23H,7,20H2,(H,24,25)/t13-/m1/s1. The van der Waals surface area contributed by atoms with Gasteiger partial charge in [0.2, 0.25) is 0 Å². The number of rotatable bonds is 5. The number of aromatic nitrogens is 3. The second-order valence-electron chi connectivity index (χ2n) is 5.35. The molecule has 0 unspecified atom stereocenters. The van der Waals surface area contributed by atoms with Crippen LogP contribution >= 0.6 is 11.3 Å². The van der Waals surface area contributed by atoms with Crippen molar-refractivity contribution in [1.82, 2.24) is 20.3 Å². The van der Waals surface area contributed by atoms with Crippen LogP contribution in [0.5, 0.6) is 0 Å². The Morgan fingerprint density at radius 3 is 2.65 bits per heavy atom. The van der Waals surface area contributed by atoms with Crippen LogP contribution in [0.4, 0.5) is 13.2 Å². The van der Waals surface area contributed by atoms with Crippen LogP contribution in [0, 0.1) is 0 Å². The quantitative estimate of drug-likeness (QED) is 0.633. The molecule has 0 aliphatic heterocycles. The van der Waals surface area contributed by atoms with Crippen molar-refractivity contribution in [2.24, 2.45) is 5.73 Å². The van der Waals surface area contributed by atoms with Gasteiger partial charge in [0, 0.05) is 24.3 Å². The first-order valence-corrected chi connectivity index (χ1v) is 8.39. The predicted octanol–water partition coefficient (Wildman–Crippen LogP) is 2.98. The van der Waals surface area contributed by atoms with Crippen LogP contribution < -0.4 is 11.1 Å². The highest BCUT2D eigenvalue weighted by Gasteiger charge is 2.30. The zero-order valence-corrected chi connectivity index (χ0v) is 14.1. The van der Waals surface area contributed by atoms with Crippen molar-refractivity contribution in [2.75, 3.05) is 6.54 Å². The molecule has 0 bridgehead atoms. The van der Waals surface area contributed by atoms with Crippen molar-refractivity contribution in [2.45, 2.75) is 12.2 Å². The predicted molar refractivity (Wildman–Crippen MR) is 90.4 cm³/mol. The topological polar surface area (TPSA) is 96.7 Å². The van der Waals surface area contributed by atoms with Gasteiger partial charge in [-0.3, -0.25) is 9.78 Å². The van der Waals surface area contributed by atoms with E-state index < -0.39 is 23.7 Å².